The molecule has 0 saturated heterocycles. The van der Waals surface area contributed by atoms with E-state index < -0.39 is 35.1 Å². The van der Waals surface area contributed by atoms with Crippen molar-refractivity contribution >= 4 is 45.0 Å². The van der Waals surface area contributed by atoms with Crippen LogP contribution in [0.5, 0.6) is 0 Å². The third kappa shape index (κ3) is 3.01. The number of fused-ring (bicyclic) bond motifs is 1. The minimum absolute atomic E-state index is 0.0919. The molecule has 1 aromatic rings. The highest BCUT2D eigenvalue weighted by Crippen LogP contribution is 2.39. The first-order valence-corrected chi connectivity index (χ1v) is 6.43. The zero-order chi connectivity index (χ0) is 16.7. The molecule has 0 aromatic heterocycles. The van der Waals surface area contributed by atoms with Crippen molar-refractivity contribution in [2.75, 3.05) is 5.32 Å². The number of rotatable bonds is 1. The van der Waals surface area contributed by atoms with E-state index in [1.165, 1.54) is 0 Å². The zero-order valence-electron chi connectivity index (χ0n) is 10.7. The molecule has 22 heavy (non-hydrogen) atoms. The molecule has 1 aliphatic rings. The van der Waals surface area contributed by atoms with Crippen LogP contribution in [0.2, 0.25) is 0 Å². The van der Waals surface area contributed by atoms with Crippen LogP contribution in [-0.4, -0.2) is 23.4 Å². The molecular weight excluding hydrogens is 373 g/mol. The van der Waals surface area contributed by atoms with Gasteiger partial charge in [0, 0.05) is 17.0 Å². The van der Waals surface area contributed by atoms with Gasteiger partial charge in [0.1, 0.15) is 0 Å². The summed E-state index contributed by atoms with van der Waals surface area (Å²) < 4.78 is 38.2. The van der Waals surface area contributed by atoms with Crippen LogP contribution in [0, 0.1) is 0 Å². The zero-order valence-corrected chi connectivity index (χ0v) is 12.3. The first-order valence-electron chi connectivity index (χ1n) is 5.63. The summed E-state index contributed by atoms with van der Waals surface area (Å²) in [7, 11) is 0. The summed E-state index contributed by atoms with van der Waals surface area (Å²) in [5.41, 5.74) is -1.94. The monoisotopic (exact) mass is 378 g/mol. The molecule has 1 aromatic carbocycles. The van der Waals surface area contributed by atoms with E-state index in [2.05, 4.69) is 25.9 Å². The smallest absolute Gasteiger partial charge is 0.318 e. The van der Waals surface area contributed by atoms with Gasteiger partial charge in [0.15, 0.2) is 5.71 Å². The number of carbonyl (C=O) groups excluding carboxylic acids is 3. The highest BCUT2D eigenvalue weighted by molar-refractivity contribution is 9.10. The summed E-state index contributed by atoms with van der Waals surface area (Å²) in [5, 5.41) is 5.28. The van der Waals surface area contributed by atoms with Gasteiger partial charge < -0.3 is 10.2 Å². The Hall–Kier alpha value is -2.23. The van der Waals surface area contributed by atoms with Gasteiger partial charge in [-0.25, -0.2) is 4.79 Å². The Morgan fingerprint density at radius 2 is 1.95 bits per heavy atom. The molecule has 10 heteroatoms. The van der Waals surface area contributed by atoms with Crippen LogP contribution in [0.3, 0.4) is 0 Å². The molecule has 116 valence electrons. The average molecular weight is 379 g/mol. The van der Waals surface area contributed by atoms with E-state index in [4.69, 9.17) is 0 Å². The van der Waals surface area contributed by atoms with Crippen LogP contribution in [0.15, 0.2) is 21.8 Å². The van der Waals surface area contributed by atoms with Crippen molar-refractivity contribution in [3.05, 3.63) is 27.7 Å². The molecule has 1 aliphatic heterocycles. The van der Waals surface area contributed by atoms with Crippen molar-refractivity contribution in [3.63, 3.8) is 0 Å². The number of ketones is 1. The van der Waals surface area contributed by atoms with Crippen LogP contribution >= 0.6 is 15.9 Å². The lowest BCUT2D eigenvalue weighted by molar-refractivity contribution is -0.141. The van der Waals surface area contributed by atoms with E-state index >= 15 is 0 Å². The Kier molecular flexibility index (Phi) is 4.05. The number of carbonyl (C=O) groups is 3. The third-order valence-electron chi connectivity index (χ3n) is 2.60. The number of benzene rings is 1. The Labute approximate surface area is 129 Å². The molecule has 6 nitrogen and oxygen atoms in total. The number of amides is 1. The molecule has 0 bridgehead atoms. The predicted molar refractivity (Wildman–Crippen MR) is 71.1 cm³/mol. The second kappa shape index (κ2) is 5.52. The third-order valence-corrected chi connectivity index (χ3v) is 3.26. The molecule has 1 heterocycles. The van der Waals surface area contributed by atoms with Gasteiger partial charge in [0.05, 0.1) is 11.3 Å². The minimum atomic E-state index is -4.66. The van der Waals surface area contributed by atoms with E-state index in [1.54, 1.807) is 0 Å². The van der Waals surface area contributed by atoms with E-state index in [0.717, 1.165) is 13.0 Å². The van der Waals surface area contributed by atoms with Crippen LogP contribution in [0.4, 0.5) is 18.9 Å². The van der Waals surface area contributed by atoms with E-state index in [1.807, 2.05) is 5.32 Å². The van der Waals surface area contributed by atoms with Crippen molar-refractivity contribution in [3.8, 4) is 0 Å². The fourth-order valence-corrected chi connectivity index (χ4v) is 2.27. The van der Waals surface area contributed by atoms with Gasteiger partial charge in [0.2, 0.25) is 0 Å². The van der Waals surface area contributed by atoms with E-state index in [9.17, 15) is 27.6 Å². The molecule has 2 rings (SSSR count). The van der Waals surface area contributed by atoms with E-state index in [-0.39, 0.29) is 15.7 Å². The van der Waals surface area contributed by atoms with Gasteiger partial charge in [-0.15, -0.1) is 0 Å². The van der Waals surface area contributed by atoms with Crippen molar-refractivity contribution in [2.24, 2.45) is 5.16 Å². The minimum Gasteiger partial charge on any atom is -0.318 e. The van der Waals surface area contributed by atoms with Gasteiger partial charge in [-0.2, -0.15) is 13.2 Å². The second-order valence-electron chi connectivity index (χ2n) is 4.18. The molecule has 0 fully saturated rings. The van der Waals surface area contributed by atoms with Crippen molar-refractivity contribution in [2.45, 2.75) is 13.1 Å². The number of nitrogens with zero attached hydrogens (tertiary/aromatic N) is 1. The summed E-state index contributed by atoms with van der Waals surface area (Å²) in [6, 6.07) is 1.63. The van der Waals surface area contributed by atoms with Crippen LogP contribution in [0.25, 0.3) is 0 Å². The topological polar surface area (TPSA) is 84.8 Å². The normalized spacial score (nSPS) is 16.3. The molecule has 0 radical (unpaired) electrons. The molecule has 0 saturated carbocycles. The lowest BCUT2D eigenvalue weighted by Gasteiger charge is -2.19. The molecule has 0 unspecified atom stereocenters. The molecule has 0 spiro atoms. The predicted octanol–water partition coefficient (Wildman–Crippen LogP) is 2.26. The number of Topliss-reactive ketones (excluding diaryl/α,β-unsaturated/α-hetero) is 1. The number of hydrogen-bond donors (Lipinski definition) is 1. The second-order valence-corrected chi connectivity index (χ2v) is 5.04. The van der Waals surface area contributed by atoms with Gasteiger partial charge >= 0.3 is 12.1 Å². The van der Waals surface area contributed by atoms with Crippen LogP contribution < -0.4 is 5.32 Å². The van der Waals surface area contributed by atoms with Crippen molar-refractivity contribution < 1.29 is 32.4 Å². The summed E-state index contributed by atoms with van der Waals surface area (Å²) >= 11 is 2.75. The van der Waals surface area contributed by atoms with Gasteiger partial charge in [-0.3, -0.25) is 9.59 Å². The summed E-state index contributed by atoms with van der Waals surface area (Å²) in [5.74, 6) is -3.15. The fourth-order valence-electron chi connectivity index (χ4n) is 1.70. The summed E-state index contributed by atoms with van der Waals surface area (Å²) in [6.07, 6.45) is -4.66. The summed E-state index contributed by atoms with van der Waals surface area (Å²) in [4.78, 5) is 38.2. The lowest BCUT2D eigenvalue weighted by Crippen LogP contribution is -2.36. The van der Waals surface area contributed by atoms with Crippen LogP contribution in [-0.2, 0) is 25.4 Å². The maximum absolute atomic E-state index is 12.8. The molecular formula is C12H6BrF3N2O4. The largest absolute Gasteiger partial charge is 0.417 e. The fraction of sp³-hybridized carbons (Fsp3) is 0.167. The van der Waals surface area contributed by atoms with Crippen molar-refractivity contribution in [1.29, 1.82) is 0 Å². The summed E-state index contributed by atoms with van der Waals surface area (Å²) in [6.45, 7) is 1.01. The lowest BCUT2D eigenvalue weighted by atomic mass is 9.98. The Bertz CT molecular complexity index is 728. The number of halogens is 4. The molecule has 0 aliphatic carbocycles. The molecule has 0 atom stereocenters. The average Bonchev–Trinajstić information content (AvgIpc) is 2.38. The highest BCUT2D eigenvalue weighted by atomic mass is 79.9. The standard InChI is InChI=1S/C12H6BrF3N2O4/c1-4(19)22-18-9-5-2-7(13)6(12(14,15)16)3-8(5)17-11(21)10(9)20/h2-3H,1H3,(H,17,21). The first kappa shape index (κ1) is 16.1. The van der Waals surface area contributed by atoms with E-state index in [0.29, 0.717) is 6.07 Å². The molecule has 1 amide bonds. The SMILES string of the molecule is CC(=O)ON=C1C(=O)C(=O)Nc2cc(C(F)(F)F)c(Br)cc21. The Morgan fingerprint density at radius 1 is 1.32 bits per heavy atom. The number of hydrogen-bond acceptors (Lipinski definition) is 5. The van der Waals surface area contributed by atoms with Gasteiger partial charge in [0.25, 0.3) is 11.7 Å². The maximum Gasteiger partial charge on any atom is 0.417 e. The van der Waals surface area contributed by atoms with Gasteiger partial charge in [-0.05, 0) is 12.1 Å². The highest BCUT2D eigenvalue weighted by Gasteiger charge is 2.38. The van der Waals surface area contributed by atoms with Gasteiger partial charge in [-0.1, -0.05) is 21.1 Å². The molecule has 1 N–H and O–H groups in total. The quantitative estimate of drug-likeness (QED) is 0.461. The number of alkyl halides is 3. The van der Waals surface area contributed by atoms with Crippen LogP contribution in [0.1, 0.15) is 18.1 Å². The maximum atomic E-state index is 12.8. The Balaban J connectivity index is 2.63. The number of nitrogens with one attached hydrogen (secondary N) is 1. The van der Waals surface area contributed by atoms with Crippen molar-refractivity contribution in [1.82, 2.24) is 0 Å². The number of anilines is 1. The Morgan fingerprint density at radius 3 is 2.50 bits per heavy atom. The first-order chi connectivity index (χ1) is 10.1. The number of oxime groups is 1.